The fourth-order valence-electron chi connectivity index (χ4n) is 5.63. The number of sulfonamides is 1. The Morgan fingerprint density at radius 1 is 1.07 bits per heavy atom. The topological polar surface area (TPSA) is 95.5 Å². The van der Waals surface area contributed by atoms with E-state index in [0.29, 0.717) is 56.1 Å². The molecule has 3 N–H and O–H groups in total. The van der Waals surface area contributed by atoms with Crippen LogP contribution in [-0.2, 0) is 16.2 Å². The third-order valence-corrected chi connectivity index (χ3v) is 7.47. The average Bonchev–Trinajstić information content (AvgIpc) is 2.50. The Bertz CT molecular complexity index is 884. The molecule has 154 valence electrons. The van der Waals surface area contributed by atoms with Crippen LogP contribution in [0.3, 0.4) is 0 Å². The van der Waals surface area contributed by atoms with Crippen molar-refractivity contribution >= 4 is 16.1 Å². The van der Waals surface area contributed by atoms with Crippen LogP contribution in [0.2, 0.25) is 0 Å². The Morgan fingerprint density at radius 3 is 2.14 bits per heavy atom. The molecular weight excluding hydrogens is 397 g/mol. The molecule has 4 fully saturated rings. The standard InChI is InChI=1S/C18H21F3N2O4S/c19-18(20,21)13-1-3-14(4-2-13)28(26,27)23-15(24)22-16-6-11-5-12(7-16)9-17(25,8-11)10-16/h1-4,11-12,25H,5-10H2,(H2,22,23,24)/t11-,12+,16+,17-. The first kappa shape index (κ1) is 19.5. The van der Waals surface area contributed by atoms with E-state index in [2.05, 4.69) is 5.32 Å². The first-order chi connectivity index (χ1) is 12.9. The summed E-state index contributed by atoms with van der Waals surface area (Å²) >= 11 is 0. The highest BCUT2D eigenvalue weighted by molar-refractivity contribution is 7.90. The molecule has 0 saturated heterocycles. The molecule has 0 aliphatic heterocycles. The smallest absolute Gasteiger partial charge is 0.390 e. The Morgan fingerprint density at radius 2 is 1.64 bits per heavy atom. The fourth-order valence-corrected chi connectivity index (χ4v) is 6.54. The molecule has 0 unspecified atom stereocenters. The van der Waals surface area contributed by atoms with Gasteiger partial charge < -0.3 is 10.4 Å². The van der Waals surface area contributed by atoms with Crippen LogP contribution >= 0.6 is 0 Å². The quantitative estimate of drug-likeness (QED) is 0.704. The maximum absolute atomic E-state index is 12.6. The summed E-state index contributed by atoms with van der Waals surface area (Å²) < 4.78 is 64.4. The van der Waals surface area contributed by atoms with E-state index in [1.54, 1.807) is 0 Å². The first-order valence-corrected chi connectivity index (χ1v) is 10.6. The number of rotatable bonds is 3. The van der Waals surface area contributed by atoms with Crippen LogP contribution in [0.15, 0.2) is 29.2 Å². The molecule has 10 heteroatoms. The number of halogens is 3. The molecule has 1 aromatic rings. The third-order valence-electron chi connectivity index (χ3n) is 6.13. The number of aliphatic hydroxyl groups is 1. The summed E-state index contributed by atoms with van der Waals surface area (Å²) in [7, 11) is -4.31. The van der Waals surface area contributed by atoms with Gasteiger partial charge in [0, 0.05) is 5.54 Å². The zero-order valence-electron chi connectivity index (χ0n) is 14.9. The third kappa shape index (κ3) is 3.59. The number of hydrogen-bond acceptors (Lipinski definition) is 4. The van der Waals surface area contributed by atoms with Crippen LogP contribution in [0.4, 0.5) is 18.0 Å². The van der Waals surface area contributed by atoms with E-state index in [1.165, 1.54) is 0 Å². The van der Waals surface area contributed by atoms with Gasteiger partial charge in [-0.3, -0.25) is 0 Å². The number of urea groups is 1. The van der Waals surface area contributed by atoms with Crippen molar-refractivity contribution in [3.8, 4) is 0 Å². The molecule has 28 heavy (non-hydrogen) atoms. The van der Waals surface area contributed by atoms with Gasteiger partial charge in [-0.25, -0.2) is 17.9 Å². The molecule has 0 radical (unpaired) electrons. The first-order valence-electron chi connectivity index (χ1n) is 9.13. The van der Waals surface area contributed by atoms with Gasteiger partial charge in [0.25, 0.3) is 10.0 Å². The number of alkyl halides is 3. The lowest BCUT2D eigenvalue weighted by Crippen LogP contribution is -2.66. The molecule has 4 atom stereocenters. The van der Waals surface area contributed by atoms with E-state index in [0.717, 1.165) is 18.6 Å². The lowest BCUT2D eigenvalue weighted by atomic mass is 9.51. The number of amides is 2. The number of nitrogens with one attached hydrogen (secondary N) is 2. The van der Waals surface area contributed by atoms with Crippen molar-refractivity contribution in [1.29, 1.82) is 0 Å². The van der Waals surface area contributed by atoms with Gasteiger partial charge in [-0.1, -0.05) is 0 Å². The van der Waals surface area contributed by atoms with E-state index in [4.69, 9.17) is 0 Å². The largest absolute Gasteiger partial charge is 0.416 e. The minimum Gasteiger partial charge on any atom is -0.390 e. The van der Waals surface area contributed by atoms with Gasteiger partial charge in [0.05, 0.1) is 16.1 Å². The molecule has 5 rings (SSSR count). The van der Waals surface area contributed by atoms with Gasteiger partial charge in [0.15, 0.2) is 0 Å². The van der Waals surface area contributed by atoms with Crippen LogP contribution in [0, 0.1) is 11.8 Å². The molecule has 4 aliphatic carbocycles. The van der Waals surface area contributed by atoms with Gasteiger partial charge in [0.2, 0.25) is 0 Å². The van der Waals surface area contributed by atoms with E-state index < -0.39 is 43.8 Å². The zero-order chi connectivity index (χ0) is 20.4. The molecule has 0 aromatic heterocycles. The summed E-state index contributed by atoms with van der Waals surface area (Å²) in [4.78, 5) is 12.0. The maximum Gasteiger partial charge on any atom is 0.416 e. The molecule has 4 saturated carbocycles. The molecule has 6 nitrogen and oxygen atoms in total. The van der Waals surface area contributed by atoms with Crippen molar-refractivity contribution in [2.75, 3.05) is 0 Å². The van der Waals surface area contributed by atoms with Crippen molar-refractivity contribution < 1.29 is 31.5 Å². The number of carbonyl (C=O) groups excluding carboxylic acids is 1. The van der Waals surface area contributed by atoms with Gasteiger partial charge in [-0.05, 0) is 74.6 Å². The van der Waals surface area contributed by atoms with Gasteiger partial charge in [-0.15, -0.1) is 0 Å². The van der Waals surface area contributed by atoms with Gasteiger partial charge in [0.1, 0.15) is 0 Å². The molecule has 0 spiro atoms. The van der Waals surface area contributed by atoms with Crippen LogP contribution in [-0.4, -0.2) is 30.7 Å². The van der Waals surface area contributed by atoms with Crippen LogP contribution in [0.5, 0.6) is 0 Å². The Labute approximate surface area is 160 Å². The van der Waals surface area contributed by atoms with Gasteiger partial charge in [-0.2, -0.15) is 13.2 Å². The van der Waals surface area contributed by atoms with E-state index >= 15 is 0 Å². The highest BCUT2D eigenvalue weighted by Gasteiger charge is 2.57. The van der Waals surface area contributed by atoms with Crippen molar-refractivity contribution in [1.82, 2.24) is 10.0 Å². The van der Waals surface area contributed by atoms with Crippen molar-refractivity contribution in [2.24, 2.45) is 11.8 Å². The Kier molecular flexibility index (Phi) is 4.24. The summed E-state index contributed by atoms with van der Waals surface area (Å²) in [6.45, 7) is 0. The number of benzene rings is 1. The van der Waals surface area contributed by atoms with Crippen LogP contribution < -0.4 is 10.0 Å². The van der Waals surface area contributed by atoms with E-state index in [-0.39, 0.29) is 0 Å². The normalized spacial score (nSPS) is 34.3. The summed E-state index contributed by atoms with van der Waals surface area (Å²) in [6, 6.07) is 2.00. The van der Waals surface area contributed by atoms with Crippen molar-refractivity contribution in [3.05, 3.63) is 29.8 Å². The van der Waals surface area contributed by atoms with Gasteiger partial charge >= 0.3 is 12.2 Å². The summed E-state index contributed by atoms with van der Waals surface area (Å²) in [6.07, 6.45) is -0.375. The highest BCUT2D eigenvalue weighted by Crippen LogP contribution is 2.57. The maximum atomic E-state index is 12.6. The molecule has 4 aliphatic rings. The molecular formula is C18H21F3N2O4S. The minimum atomic E-state index is -4.58. The predicted octanol–water partition coefficient (Wildman–Crippen LogP) is 2.78. The Hall–Kier alpha value is -1.81. The summed E-state index contributed by atoms with van der Waals surface area (Å²) in [5.41, 5.74) is -2.43. The monoisotopic (exact) mass is 418 g/mol. The second-order valence-electron chi connectivity index (χ2n) is 8.55. The minimum absolute atomic E-state index is 0.304. The highest BCUT2D eigenvalue weighted by atomic mass is 32.2. The number of carbonyl (C=O) groups is 1. The molecule has 2 amide bonds. The summed E-state index contributed by atoms with van der Waals surface area (Å²) in [5.74, 6) is 0.608. The molecule has 1 aromatic carbocycles. The zero-order valence-corrected chi connectivity index (χ0v) is 15.7. The summed E-state index contributed by atoms with van der Waals surface area (Å²) in [5, 5.41) is 13.4. The van der Waals surface area contributed by atoms with E-state index in [1.807, 2.05) is 4.72 Å². The number of hydrogen-bond donors (Lipinski definition) is 3. The average molecular weight is 418 g/mol. The fraction of sp³-hybridized carbons (Fsp3) is 0.611. The van der Waals surface area contributed by atoms with Crippen molar-refractivity contribution in [2.45, 2.75) is 60.7 Å². The SMILES string of the molecule is O=C(N[C@@]12C[C@@H]3C[C@@H](C[C@@](O)(C3)C1)C2)NS(=O)(=O)c1ccc(C(F)(F)F)cc1. The molecule has 0 heterocycles. The lowest BCUT2D eigenvalue weighted by molar-refractivity contribution is -0.139. The van der Waals surface area contributed by atoms with Crippen molar-refractivity contribution in [3.63, 3.8) is 0 Å². The van der Waals surface area contributed by atoms with Crippen LogP contribution in [0.1, 0.15) is 44.1 Å². The lowest BCUT2D eigenvalue weighted by Gasteiger charge is -2.60. The van der Waals surface area contributed by atoms with Crippen LogP contribution in [0.25, 0.3) is 0 Å². The second-order valence-corrected chi connectivity index (χ2v) is 10.2. The Balaban J connectivity index is 1.46. The second kappa shape index (κ2) is 6.09. The predicted molar refractivity (Wildman–Crippen MR) is 92.7 cm³/mol. The molecule has 4 bridgehead atoms. The van der Waals surface area contributed by atoms with E-state index in [9.17, 15) is 31.5 Å².